The zero-order valence-electron chi connectivity index (χ0n) is 7.07. The third-order valence-corrected chi connectivity index (χ3v) is 2.47. The van der Waals surface area contributed by atoms with Gasteiger partial charge in [-0.1, -0.05) is 6.92 Å². The fourth-order valence-electron chi connectivity index (χ4n) is 1.27. The van der Waals surface area contributed by atoms with E-state index in [4.69, 9.17) is 4.74 Å². The van der Waals surface area contributed by atoms with Gasteiger partial charge in [0.1, 0.15) is 6.10 Å². The highest BCUT2D eigenvalue weighted by atomic mass is 16.5. The number of hydrogen-bond donors (Lipinski definition) is 1. The molecule has 11 heavy (non-hydrogen) atoms. The summed E-state index contributed by atoms with van der Waals surface area (Å²) < 4.78 is 4.98. The Bertz CT molecular complexity index is 167. The van der Waals surface area contributed by atoms with Gasteiger partial charge in [-0.05, 0) is 13.8 Å². The first-order chi connectivity index (χ1) is 5.04. The number of aliphatic hydroxyl groups excluding tert-OH is 1. The minimum atomic E-state index is -0.550. The maximum Gasteiger partial charge on any atom is 0.311 e. The predicted molar refractivity (Wildman–Crippen MR) is 39.9 cm³/mol. The van der Waals surface area contributed by atoms with E-state index in [0.29, 0.717) is 0 Å². The van der Waals surface area contributed by atoms with E-state index in [-0.39, 0.29) is 23.9 Å². The van der Waals surface area contributed by atoms with E-state index in [1.807, 2.05) is 6.92 Å². The molecule has 64 valence electrons. The molecular formula is C8H14O3. The van der Waals surface area contributed by atoms with Crippen LogP contribution >= 0.6 is 0 Å². The monoisotopic (exact) mass is 158 g/mol. The number of ether oxygens (including phenoxy) is 1. The lowest BCUT2D eigenvalue weighted by Crippen LogP contribution is -2.45. The van der Waals surface area contributed by atoms with Crippen molar-refractivity contribution < 1.29 is 14.6 Å². The molecule has 0 aromatic carbocycles. The molecule has 0 amide bonds. The lowest BCUT2D eigenvalue weighted by Gasteiger charge is -2.34. The molecule has 1 N–H and O–H groups in total. The maximum absolute atomic E-state index is 11.0. The standard InChI is InChI=1S/C8H14O3/c1-4-6(3)11-8(10)5(2)7(4)9/h4-7,9H,1-3H3/t4?,5?,6-,7-/m0/s1. The molecule has 0 aromatic rings. The molecule has 0 saturated carbocycles. The van der Waals surface area contributed by atoms with Crippen LogP contribution in [-0.2, 0) is 9.53 Å². The lowest BCUT2D eigenvalue weighted by molar-refractivity contribution is -0.175. The molecule has 1 fully saturated rings. The first kappa shape index (κ1) is 8.53. The van der Waals surface area contributed by atoms with Crippen LogP contribution in [0.3, 0.4) is 0 Å². The summed E-state index contributed by atoms with van der Waals surface area (Å²) in [5.74, 6) is -0.619. The van der Waals surface area contributed by atoms with E-state index in [9.17, 15) is 9.90 Å². The molecule has 0 aliphatic carbocycles. The van der Waals surface area contributed by atoms with Gasteiger partial charge in [0.25, 0.3) is 0 Å². The Labute approximate surface area is 66.4 Å². The minimum Gasteiger partial charge on any atom is -0.462 e. The van der Waals surface area contributed by atoms with Crippen LogP contribution in [0.4, 0.5) is 0 Å². The fourth-order valence-corrected chi connectivity index (χ4v) is 1.27. The summed E-state index contributed by atoms with van der Waals surface area (Å²) in [6.45, 7) is 5.38. The first-order valence-corrected chi connectivity index (χ1v) is 3.92. The summed E-state index contributed by atoms with van der Waals surface area (Å²) in [6, 6.07) is 0. The largest absolute Gasteiger partial charge is 0.462 e. The number of aliphatic hydroxyl groups is 1. The summed E-state index contributed by atoms with van der Waals surface area (Å²) in [6.07, 6.45) is -0.708. The Hall–Kier alpha value is -0.570. The molecule has 0 radical (unpaired) electrons. The van der Waals surface area contributed by atoms with Gasteiger partial charge in [0.05, 0.1) is 12.0 Å². The SMILES string of the molecule is CC1C(=O)O[C@@H](C)C(C)[C@@H]1O. The number of hydrogen-bond acceptors (Lipinski definition) is 3. The predicted octanol–water partition coefficient (Wildman–Crippen LogP) is 0.565. The van der Waals surface area contributed by atoms with Gasteiger partial charge in [-0.2, -0.15) is 0 Å². The fraction of sp³-hybridized carbons (Fsp3) is 0.875. The molecule has 1 heterocycles. The van der Waals surface area contributed by atoms with Crippen LogP contribution in [0.5, 0.6) is 0 Å². The Morgan fingerprint density at radius 2 is 1.91 bits per heavy atom. The Morgan fingerprint density at radius 3 is 2.45 bits per heavy atom. The minimum absolute atomic E-state index is 0.0442. The zero-order chi connectivity index (χ0) is 8.59. The summed E-state index contributed by atoms with van der Waals surface area (Å²) >= 11 is 0. The van der Waals surface area contributed by atoms with Crippen LogP contribution in [0.2, 0.25) is 0 Å². The third-order valence-electron chi connectivity index (χ3n) is 2.47. The molecular weight excluding hydrogens is 144 g/mol. The van der Waals surface area contributed by atoms with Crippen molar-refractivity contribution >= 4 is 5.97 Å². The van der Waals surface area contributed by atoms with Crippen molar-refractivity contribution in [1.82, 2.24) is 0 Å². The second kappa shape index (κ2) is 2.81. The van der Waals surface area contributed by atoms with Crippen LogP contribution in [0.15, 0.2) is 0 Å². The molecule has 1 aliphatic rings. The van der Waals surface area contributed by atoms with Crippen molar-refractivity contribution in [2.45, 2.75) is 33.0 Å². The molecule has 1 aliphatic heterocycles. The molecule has 3 heteroatoms. The number of esters is 1. The molecule has 2 unspecified atom stereocenters. The maximum atomic E-state index is 11.0. The van der Waals surface area contributed by atoms with Crippen molar-refractivity contribution in [2.75, 3.05) is 0 Å². The van der Waals surface area contributed by atoms with Gasteiger partial charge in [0.15, 0.2) is 0 Å². The van der Waals surface area contributed by atoms with E-state index in [0.717, 1.165) is 0 Å². The number of rotatable bonds is 0. The van der Waals surface area contributed by atoms with E-state index >= 15 is 0 Å². The van der Waals surface area contributed by atoms with Crippen molar-refractivity contribution in [2.24, 2.45) is 11.8 Å². The molecule has 0 aromatic heterocycles. The number of carbonyl (C=O) groups is 1. The normalized spacial score (nSPS) is 45.3. The third kappa shape index (κ3) is 1.38. The van der Waals surface area contributed by atoms with E-state index in [2.05, 4.69) is 0 Å². The molecule has 4 atom stereocenters. The van der Waals surface area contributed by atoms with Gasteiger partial charge in [0.2, 0.25) is 0 Å². The van der Waals surface area contributed by atoms with Crippen LogP contribution in [-0.4, -0.2) is 23.3 Å². The summed E-state index contributed by atoms with van der Waals surface area (Å²) in [7, 11) is 0. The smallest absolute Gasteiger partial charge is 0.311 e. The average Bonchev–Trinajstić information content (AvgIpc) is 1.97. The molecule has 0 spiro atoms. The van der Waals surface area contributed by atoms with Crippen LogP contribution in [0.1, 0.15) is 20.8 Å². The Morgan fingerprint density at radius 1 is 1.36 bits per heavy atom. The molecule has 1 rings (SSSR count). The highest BCUT2D eigenvalue weighted by molar-refractivity contribution is 5.73. The first-order valence-electron chi connectivity index (χ1n) is 3.92. The number of cyclic esters (lactones) is 1. The molecule has 1 saturated heterocycles. The zero-order valence-corrected chi connectivity index (χ0v) is 7.07. The summed E-state index contributed by atoms with van der Waals surface area (Å²) in [4.78, 5) is 11.0. The molecule has 3 nitrogen and oxygen atoms in total. The topological polar surface area (TPSA) is 46.5 Å². The van der Waals surface area contributed by atoms with E-state index in [1.54, 1.807) is 13.8 Å². The quantitative estimate of drug-likeness (QED) is 0.524. The van der Waals surface area contributed by atoms with Crippen molar-refractivity contribution in [3.05, 3.63) is 0 Å². The van der Waals surface area contributed by atoms with Gasteiger partial charge in [-0.25, -0.2) is 0 Å². The number of carbonyl (C=O) groups excluding carboxylic acids is 1. The highest BCUT2D eigenvalue weighted by Gasteiger charge is 2.37. The van der Waals surface area contributed by atoms with Crippen LogP contribution < -0.4 is 0 Å². The van der Waals surface area contributed by atoms with Crippen molar-refractivity contribution in [1.29, 1.82) is 0 Å². The van der Waals surface area contributed by atoms with Gasteiger partial charge < -0.3 is 9.84 Å². The van der Waals surface area contributed by atoms with Crippen molar-refractivity contribution in [3.63, 3.8) is 0 Å². The summed E-state index contributed by atoms with van der Waals surface area (Å²) in [5, 5.41) is 9.49. The van der Waals surface area contributed by atoms with E-state index in [1.165, 1.54) is 0 Å². The second-order valence-electron chi connectivity index (χ2n) is 3.28. The van der Waals surface area contributed by atoms with Gasteiger partial charge in [0, 0.05) is 5.92 Å². The van der Waals surface area contributed by atoms with Crippen LogP contribution in [0.25, 0.3) is 0 Å². The van der Waals surface area contributed by atoms with E-state index < -0.39 is 6.10 Å². The van der Waals surface area contributed by atoms with Crippen molar-refractivity contribution in [3.8, 4) is 0 Å². The van der Waals surface area contributed by atoms with Gasteiger partial charge in [-0.15, -0.1) is 0 Å². The van der Waals surface area contributed by atoms with Crippen LogP contribution in [0, 0.1) is 11.8 Å². The molecule has 0 bridgehead atoms. The second-order valence-corrected chi connectivity index (χ2v) is 3.28. The highest BCUT2D eigenvalue weighted by Crippen LogP contribution is 2.25. The Kier molecular flexibility index (Phi) is 2.18. The summed E-state index contributed by atoms with van der Waals surface area (Å²) in [5.41, 5.74) is 0. The lowest BCUT2D eigenvalue weighted by atomic mass is 9.87. The van der Waals surface area contributed by atoms with Gasteiger partial charge in [-0.3, -0.25) is 4.79 Å². The van der Waals surface area contributed by atoms with Gasteiger partial charge >= 0.3 is 5.97 Å². The Balaban J connectivity index is 2.70. The average molecular weight is 158 g/mol.